The van der Waals surface area contributed by atoms with E-state index in [1.165, 1.54) is 5.56 Å². The van der Waals surface area contributed by atoms with Crippen LogP contribution in [-0.2, 0) is 30.1 Å². The molecule has 0 fully saturated rings. The molecular formula is C12H18N2O2. The van der Waals surface area contributed by atoms with Gasteiger partial charge in [0.25, 0.3) is 0 Å². The van der Waals surface area contributed by atoms with Crippen molar-refractivity contribution in [3.05, 3.63) is 17.0 Å². The molecule has 0 saturated carbocycles. The van der Waals surface area contributed by atoms with Crippen molar-refractivity contribution < 1.29 is 9.90 Å². The summed E-state index contributed by atoms with van der Waals surface area (Å²) in [5.41, 5.74) is 2.28. The lowest BCUT2D eigenvalue weighted by molar-refractivity contribution is -0.142. The van der Waals surface area contributed by atoms with Gasteiger partial charge in [0.05, 0.1) is 11.4 Å². The first-order chi connectivity index (χ1) is 7.44. The van der Waals surface area contributed by atoms with Gasteiger partial charge in [-0.15, -0.1) is 0 Å². The van der Waals surface area contributed by atoms with Crippen LogP contribution in [0.3, 0.4) is 0 Å². The molecule has 0 atom stereocenters. The normalized spacial score (nSPS) is 15.9. The van der Waals surface area contributed by atoms with Gasteiger partial charge in [0.2, 0.25) is 0 Å². The molecule has 1 N–H and O–H groups in total. The monoisotopic (exact) mass is 222 g/mol. The fourth-order valence-electron chi connectivity index (χ4n) is 2.56. The Morgan fingerprint density at radius 1 is 1.38 bits per heavy atom. The van der Waals surface area contributed by atoms with E-state index < -0.39 is 11.4 Å². The lowest BCUT2D eigenvalue weighted by Crippen LogP contribution is -2.32. The van der Waals surface area contributed by atoms with Gasteiger partial charge in [-0.1, -0.05) is 0 Å². The van der Waals surface area contributed by atoms with Crippen molar-refractivity contribution in [1.29, 1.82) is 0 Å². The third-order valence-electron chi connectivity index (χ3n) is 3.45. The van der Waals surface area contributed by atoms with Crippen molar-refractivity contribution in [2.45, 2.75) is 44.9 Å². The maximum absolute atomic E-state index is 11.3. The zero-order valence-corrected chi connectivity index (χ0v) is 10.1. The highest BCUT2D eigenvalue weighted by Crippen LogP contribution is 2.32. The topological polar surface area (TPSA) is 55.1 Å². The number of rotatable bonds is 2. The van der Waals surface area contributed by atoms with E-state index in [0.29, 0.717) is 0 Å². The van der Waals surface area contributed by atoms with Gasteiger partial charge < -0.3 is 5.11 Å². The van der Waals surface area contributed by atoms with E-state index >= 15 is 0 Å². The molecule has 16 heavy (non-hydrogen) atoms. The molecule has 88 valence electrons. The van der Waals surface area contributed by atoms with Crippen molar-refractivity contribution >= 4 is 5.97 Å². The van der Waals surface area contributed by atoms with Gasteiger partial charge in [0, 0.05) is 7.05 Å². The van der Waals surface area contributed by atoms with Gasteiger partial charge in [0.15, 0.2) is 0 Å². The first-order valence-corrected chi connectivity index (χ1v) is 5.73. The van der Waals surface area contributed by atoms with Crippen LogP contribution in [0.5, 0.6) is 0 Å². The minimum absolute atomic E-state index is 0.788. The molecule has 0 amide bonds. The molecule has 1 aliphatic carbocycles. The standard InChI is InChI=1S/C12H18N2O2/c1-12(2,11(15)16)10-8-6-4-5-7-9(8)13-14(10)3/h4-7H2,1-3H3,(H,15,16). The number of carbonyl (C=O) groups is 1. The minimum atomic E-state index is -0.854. The zero-order chi connectivity index (χ0) is 11.9. The fraction of sp³-hybridized carbons (Fsp3) is 0.667. The summed E-state index contributed by atoms with van der Waals surface area (Å²) in [6.07, 6.45) is 4.26. The number of fused-ring (bicyclic) bond motifs is 1. The highest BCUT2D eigenvalue weighted by Gasteiger charge is 2.36. The van der Waals surface area contributed by atoms with Crippen molar-refractivity contribution in [3.63, 3.8) is 0 Å². The molecule has 4 nitrogen and oxygen atoms in total. The molecule has 0 saturated heterocycles. The Bertz CT molecular complexity index is 432. The van der Waals surface area contributed by atoms with Crippen molar-refractivity contribution in [2.75, 3.05) is 0 Å². The first-order valence-electron chi connectivity index (χ1n) is 5.73. The number of hydrogen-bond acceptors (Lipinski definition) is 2. The van der Waals surface area contributed by atoms with Gasteiger partial charge in [0.1, 0.15) is 5.41 Å². The number of carboxylic acid groups (broad SMARTS) is 1. The quantitative estimate of drug-likeness (QED) is 0.828. The highest BCUT2D eigenvalue weighted by molar-refractivity contribution is 5.80. The smallest absolute Gasteiger partial charge is 0.315 e. The summed E-state index contributed by atoms with van der Waals surface area (Å²) in [5, 5.41) is 13.8. The Labute approximate surface area is 95.3 Å². The van der Waals surface area contributed by atoms with E-state index in [-0.39, 0.29) is 0 Å². The summed E-state index contributed by atoms with van der Waals surface area (Å²) in [6, 6.07) is 0. The summed E-state index contributed by atoms with van der Waals surface area (Å²) in [5.74, 6) is -0.788. The van der Waals surface area contributed by atoms with Gasteiger partial charge >= 0.3 is 5.97 Å². The molecule has 0 spiro atoms. The molecule has 1 aromatic rings. The maximum Gasteiger partial charge on any atom is 0.315 e. The van der Waals surface area contributed by atoms with Crippen LogP contribution in [-0.4, -0.2) is 20.9 Å². The molecule has 0 aromatic carbocycles. The first kappa shape index (κ1) is 11.2. The second-order valence-corrected chi connectivity index (χ2v) is 5.03. The predicted octanol–water partition coefficient (Wildman–Crippen LogP) is 1.66. The molecular weight excluding hydrogens is 204 g/mol. The van der Waals surface area contributed by atoms with Gasteiger partial charge in [-0.25, -0.2) is 0 Å². The average molecular weight is 222 g/mol. The van der Waals surface area contributed by atoms with Crippen molar-refractivity contribution in [2.24, 2.45) is 7.05 Å². The molecule has 0 radical (unpaired) electrons. The molecule has 2 rings (SSSR count). The Hall–Kier alpha value is -1.32. The largest absolute Gasteiger partial charge is 0.481 e. The molecule has 0 aliphatic heterocycles. The van der Waals surface area contributed by atoms with Crippen molar-refractivity contribution in [1.82, 2.24) is 9.78 Å². The van der Waals surface area contributed by atoms with E-state index in [4.69, 9.17) is 0 Å². The SMILES string of the molecule is Cn1nc2c(c1C(C)(C)C(=O)O)CCCC2. The van der Waals surface area contributed by atoms with E-state index in [2.05, 4.69) is 5.10 Å². The predicted molar refractivity (Wildman–Crippen MR) is 60.5 cm³/mol. The number of carboxylic acids is 1. The lowest BCUT2D eigenvalue weighted by Gasteiger charge is -2.22. The molecule has 1 aliphatic rings. The number of aryl methyl sites for hydroxylation is 2. The van der Waals surface area contributed by atoms with Crippen LogP contribution in [0.15, 0.2) is 0 Å². The fourth-order valence-corrected chi connectivity index (χ4v) is 2.56. The summed E-state index contributed by atoms with van der Waals surface area (Å²) < 4.78 is 1.75. The summed E-state index contributed by atoms with van der Waals surface area (Å²) in [6.45, 7) is 3.50. The zero-order valence-electron chi connectivity index (χ0n) is 10.1. The second-order valence-electron chi connectivity index (χ2n) is 5.03. The summed E-state index contributed by atoms with van der Waals surface area (Å²) in [7, 11) is 1.85. The van der Waals surface area contributed by atoms with Crippen LogP contribution in [0.2, 0.25) is 0 Å². The van der Waals surface area contributed by atoms with Crippen LogP contribution in [0.4, 0.5) is 0 Å². The minimum Gasteiger partial charge on any atom is -0.481 e. The maximum atomic E-state index is 11.3. The van der Waals surface area contributed by atoms with Gasteiger partial charge in [-0.2, -0.15) is 5.10 Å². The molecule has 4 heteroatoms. The Morgan fingerprint density at radius 3 is 2.62 bits per heavy atom. The van der Waals surface area contributed by atoms with Crippen LogP contribution in [0.25, 0.3) is 0 Å². The van der Waals surface area contributed by atoms with Crippen LogP contribution >= 0.6 is 0 Å². The number of aliphatic carboxylic acids is 1. The Morgan fingerprint density at radius 2 is 2.00 bits per heavy atom. The van der Waals surface area contributed by atoms with E-state index in [9.17, 15) is 9.90 Å². The summed E-state index contributed by atoms with van der Waals surface area (Å²) >= 11 is 0. The Kier molecular flexibility index (Phi) is 2.52. The third kappa shape index (κ3) is 1.52. The lowest BCUT2D eigenvalue weighted by atomic mass is 9.83. The van der Waals surface area contributed by atoms with E-state index in [0.717, 1.165) is 37.1 Å². The molecule has 0 unspecified atom stereocenters. The van der Waals surface area contributed by atoms with Crippen LogP contribution in [0, 0.1) is 0 Å². The van der Waals surface area contributed by atoms with Gasteiger partial charge in [-0.3, -0.25) is 9.48 Å². The van der Waals surface area contributed by atoms with E-state index in [1.807, 2.05) is 7.05 Å². The third-order valence-corrected chi connectivity index (χ3v) is 3.45. The van der Waals surface area contributed by atoms with Gasteiger partial charge in [-0.05, 0) is 45.1 Å². The van der Waals surface area contributed by atoms with Crippen molar-refractivity contribution in [3.8, 4) is 0 Å². The molecule has 1 aromatic heterocycles. The number of hydrogen-bond donors (Lipinski definition) is 1. The molecule has 0 bridgehead atoms. The average Bonchev–Trinajstić information content (AvgIpc) is 2.53. The highest BCUT2D eigenvalue weighted by atomic mass is 16.4. The van der Waals surface area contributed by atoms with Crippen LogP contribution < -0.4 is 0 Å². The Balaban J connectivity index is 2.56. The van der Waals surface area contributed by atoms with E-state index in [1.54, 1.807) is 18.5 Å². The summed E-state index contributed by atoms with van der Waals surface area (Å²) in [4.78, 5) is 11.3. The number of aromatic nitrogens is 2. The molecule has 1 heterocycles. The number of nitrogens with zero attached hydrogens (tertiary/aromatic N) is 2. The van der Waals surface area contributed by atoms with Crippen LogP contribution in [0.1, 0.15) is 43.6 Å². The second kappa shape index (κ2) is 3.61.